The van der Waals surface area contributed by atoms with Gasteiger partial charge in [-0.2, -0.15) is 0 Å². The van der Waals surface area contributed by atoms with Gasteiger partial charge in [0.15, 0.2) is 5.78 Å². The van der Waals surface area contributed by atoms with Crippen LogP contribution in [0, 0.1) is 10.1 Å². The summed E-state index contributed by atoms with van der Waals surface area (Å²) >= 11 is 11.9. The fourth-order valence-electron chi connectivity index (χ4n) is 1.86. The SMILES string of the molecule is O=C(Cc1ccccc1[N+](=O)[O-])c1c(Cl)cccc1Cl. The van der Waals surface area contributed by atoms with E-state index in [4.69, 9.17) is 23.2 Å². The fourth-order valence-corrected chi connectivity index (χ4v) is 2.47. The van der Waals surface area contributed by atoms with Crippen molar-refractivity contribution in [2.24, 2.45) is 0 Å². The number of hydrogen-bond acceptors (Lipinski definition) is 3. The quantitative estimate of drug-likeness (QED) is 0.480. The van der Waals surface area contributed by atoms with Crippen LogP contribution in [0.5, 0.6) is 0 Å². The minimum absolute atomic E-state index is 0.0935. The molecular formula is C14H9Cl2NO3. The van der Waals surface area contributed by atoms with E-state index < -0.39 is 4.92 Å². The second-order valence-electron chi connectivity index (χ2n) is 4.08. The summed E-state index contributed by atoms with van der Waals surface area (Å²) in [4.78, 5) is 22.6. The van der Waals surface area contributed by atoms with Crippen molar-refractivity contribution in [3.63, 3.8) is 0 Å². The molecule has 20 heavy (non-hydrogen) atoms. The molecule has 0 aliphatic rings. The first-order chi connectivity index (χ1) is 9.50. The number of benzene rings is 2. The van der Waals surface area contributed by atoms with Crippen molar-refractivity contribution in [1.29, 1.82) is 0 Å². The number of rotatable bonds is 4. The summed E-state index contributed by atoms with van der Waals surface area (Å²) in [5, 5.41) is 11.4. The Hall–Kier alpha value is -1.91. The summed E-state index contributed by atoms with van der Waals surface area (Å²) in [5.74, 6) is -0.352. The standard InChI is InChI=1S/C14H9Cl2NO3/c15-10-5-3-6-11(16)14(10)13(18)8-9-4-1-2-7-12(9)17(19)20/h1-7H,8H2. The number of nitro benzene ring substituents is 1. The molecule has 0 aromatic heterocycles. The van der Waals surface area contributed by atoms with Gasteiger partial charge in [0.2, 0.25) is 0 Å². The van der Waals surface area contributed by atoms with Crippen LogP contribution in [0.1, 0.15) is 15.9 Å². The van der Waals surface area contributed by atoms with Crippen LogP contribution in [-0.2, 0) is 6.42 Å². The lowest BCUT2D eigenvalue weighted by atomic mass is 10.0. The van der Waals surface area contributed by atoms with Crippen LogP contribution in [0.25, 0.3) is 0 Å². The molecule has 0 unspecified atom stereocenters. The summed E-state index contributed by atoms with van der Waals surface area (Å²) in [6, 6.07) is 10.8. The van der Waals surface area contributed by atoms with E-state index in [1.807, 2.05) is 0 Å². The summed E-state index contributed by atoms with van der Waals surface area (Å²) in [7, 11) is 0. The van der Waals surface area contributed by atoms with E-state index in [-0.39, 0.29) is 33.5 Å². The third-order valence-electron chi connectivity index (χ3n) is 2.78. The second kappa shape index (κ2) is 6.03. The number of hydrogen-bond donors (Lipinski definition) is 0. The number of carbonyl (C=O) groups is 1. The summed E-state index contributed by atoms with van der Waals surface area (Å²) in [6.45, 7) is 0. The van der Waals surface area contributed by atoms with E-state index in [0.717, 1.165) is 0 Å². The lowest BCUT2D eigenvalue weighted by molar-refractivity contribution is -0.385. The number of ketones is 1. The van der Waals surface area contributed by atoms with Crippen molar-refractivity contribution >= 4 is 34.7 Å². The molecular weight excluding hydrogens is 301 g/mol. The van der Waals surface area contributed by atoms with Crippen molar-refractivity contribution in [1.82, 2.24) is 0 Å². The molecule has 0 aliphatic heterocycles. The van der Waals surface area contributed by atoms with Gasteiger partial charge in [-0.1, -0.05) is 47.5 Å². The van der Waals surface area contributed by atoms with Gasteiger partial charge in [0.25, 0.3) is 5.69 Å². The van der Waals surface area contributed by atoms with Gasteiger partial charge in [0.05, 0.1) is 20.5 Å². The predicted octanol–water partition coefficient (Wildman–Crippen LogP) is 4.33. The Labute approximate surface area is 125 Å². The van der Waals surface area contributed by atoms with Gasteiger partial charge >= 0.3 is 0 Å². The molecule has 0 N–H and O–H groups in total. The van der Waals surface area contributed by atoms with E-state index in [1.165, 1.54) is 6.07 Å². The van der Waals surface area contributed by atoms with Crippen molar-refractivity contribution in [2.75, 3.05) is 0 Å². The first kappa shape index (κ1) is 14.5. The molecule has 2 aromatic rings. The van der Waals surface area contributed by atoms with Crippen LogP contribution in [0.15, 0.2) is 42.5 Å². The van der Waals surface area contributed by atoms with Crippen molar-refractivity contribution in [3.8, 4) is 0 Å². The Morgan fingerprint density at radius 1 is 1.05 bits per heavy atom. The Balaban J connectivity index is 2.36. The number of halogens is 2. The molecule has 0 fully saturated rings. The highest BCUT2D eigenvalue weighted by atomic mass is 35.5. The van der Waals surface area contributed by atoms with Crippen LogP contribution < -0.4 is 0 Å². The molecule has 0 aliphatic carbocycles. The normalized spacial score (nSPS) is 10.3. The van der Waals surface area contributed by atoms with E-state index in [0.29, 0.717) is 5.56 Å². The molecule has 0 heterocycles. The maximum Gasteiger partial charge on any atom is 0.273 e. The van der Waals surface area contributed by atoms with Gasteiger partial charge in [-0.05, 0) is 12.1 Å². The monoisotopic (exact) mass is 309 g/mol. The van der Waals surface area contributed by atoms with E-state index in [1.54, 1.807) is 36.4 Å². The molecule has 0 saturated heterocycles. The maximum atomic E-state index is 12.2. The summed E-state index contributed by atoms with van der Waals surface area (Å²) in [5.41, 5.74) is 0.427. The smallest absolute Gasteiger partial charge is 0.273 e. The van der Waals surface area contributed by atoms with Crippen LogP contribution in [0.2, 0.25) is 10.0 Å². The third-order valence-corrected chi connectivity index (χ3v) is 3.41. The average Bonchev–Trinajstić information content (AvgIpc) is 2.38. The molecule has 102 valence electrons. The number of nitrogens with zero attached hydrogens (tertiary/aromatic N) is 1. The Morgan fingerprint density at radius 3 is 2.25 bits per heavy atom. The third kappa shape index (κ3) is 2.98. The van der Waals surface area contributed by atoms with E-state index >= 15 is 0 Å². The van der Waals surface area contributed by atoms with Crippen LogP contribution >= 0.6 is 23.2 Å². The molecule has 2 rings (SSSR count). The zero-order chi connectivity index (χ0) is 14.7. The Bertz CT molecular complexity index is 666. The highest BCUT2D eigenvalue weighted by Crippen LogP contribution is 2.27. The van der Waals surface area contributed by atoms with Gasteiger partial charge in [0, 0.05) is 18.1 Å². The molecule has 6 heteroatoms. The van der Waals surface area contributed by atoms with Gasteiger partial charge in [0.1, 0.15) is 0 Å². The van der Waals surface area contributed by atoms with Gasteiger partial charge < -0.3 is 0 Å². The lowest BCUT2D eigenvalue weighted by Crippen LogP contribution is -2.07. The summed E-state index contributed by atoms with van der Waals surface area (Å²) in [6.07, 6.45) is -0.124. The molecule has 4 nitrogen and oxygen atoms in total. The largest absolute Gasteiger partial charge is 0.294 e. The fraction of sp³-hybridized carbons (Fsp3) is 0.0714. The van der Waals surface area contributed by atoms with Gasteiger partial charge in [-0.25, -0.2) is 0 Å². The second-order valence-corrected chi connectivity index (χ2v) is 4.90. The first-order valence-corrected chi connectivity index (χ1v) is 6.46. The van der Waals surface area contributed by atoms with Gasteiger partial charge in [-0.15, -0.1) is 0 Å². The Morgan fingerprint density at radius 2 is 1.65 bits per heavy atom. The van der Waals surface area contributed by atoms with E-state index in [9.17, 15) is 14.9 Å². The zero-order valence-electron chi connectivity index (χ0n) is 10.2. The summed E-state index contributed by atoms with van der Waals surface area (Å²) < 4.78 is 0. The van der Waals surface area contributed by atoms with Crippen LogP contribution in [0.4, 0.5) is 5.69 Å². The lowest BCUT2D eigenvalue weighted by Gasteiger charge is -2.06. The number of para-hydroxylation sites is 1. The molecule has 0 saturated carbocycles. The van der Waals surface area contributed by atoms with Crippen molar-refractivity contribution in [2.45, 2.75) is 6.42 Å². The molecule has 0 radical (unpaired) electrons. The van der Waals surface area contributed by atoms with Crippen LogP contribution in [-0.4, -0.2) is 10.7 Å². The van der Waals surface area contributed by atoms with E-state index in [2.05, 4.69) is 0 Å². The maximum absolute atomic E-state index is 12.2. The number of nitro groups is 1. The van der Waals surface area contributed by atoms with Gasteiger partial charge in [-0.3, -0.25) is 14.9 Å². The minimum Gasteiger partial charge on any atom is -0.294 e. The van der Waals surface area contributed by atoms with Crippen molar-refractivity contribution < 1.29 is 9.72 Å². The molecule has 0 spiro atoms. The molecule has 0 bridgehead atoms. The number of Topliss-reactive ketones (excluding diaryl/α,β-unsaturated/α-hetero) is 1. The molecule has 0 amide bonds. The Kier molecular flexibility index (Phi) is 4.37. The van der Waals surface area contributed by atoms with Crippen molar-refractivity contribution in [3.05, 3.63) is 73.8 Å². The molecule has 0 atom stereocenters. The molecule has 2 aromatic carbocycles. The minimum atomic E-state index is -0.517. The first-order valence-electron chi connectivity index (χ1n) is 5.70. The number of carbonyl (C=O) groups excluding carboxylic acids is 1. The van der Waals surface area contributed by atoms with Crippen LogP contribution in [0.3, 0.4) is 0 Å². The highest BCUT2D eigenvalue weighted by Gasteiger charge is 2.19. The highest BCUT2D eigenvalue weighted by molar-refractivity contribution is 6.39. The predicted molar refractivity (Wildman–Crippen MR) is 77.6 cm³/mol. The zero-order valence-corrected chi connectivity index (χ0v) is 11.7. The average molecular weight is 310 g/mol. The topological polar surface area (TPSA) is 60.2 Å².